The smallest absolute Gasteiger partial charge is 0.129 e. The van der Waals surface area contributed by atoms with Gasteiger partial charge < -0.3 is 10.5 Å². The number of nitrogens with zero attached hydrogens (tertiary/aromatic N) is 1. The number of nitrogen functional groups attached to an aromatic ring is 1. The average molecular weight is 213 g/mol. The predicted molar refractivity (Wildman–Crippen MR) is 56.2 cm³/mol. The van der Waals surface area contributed by atoms with Gasteiger partial charge in [0.2, 0.25) is 0 Å². The van der Waals surface area contributed by atoms with Crippen LogP contribution in [0.4, 0.5) is 5.69 Å². The molecule has 3 nitrogen and oxygen atoms in total. The normalized spacial score (nSPS) is 26.7. The molecule has 0 spiro atoms. The van der Waals surface area contributed by atoms with Crippen molar-refractivity contribution < 1.29 is 4.74 Å². The maximum absolute atomic E-state index is 5.85. The van der Waals surface area contributed by atoms with Gasteiger partial charge in [-0.2, -0.15) is 0 Å². The molecule has 1 aliphatic rings. The second-order valence-corrected chi connectivity index (χ2v) is 4.16. The monoisotopic (exact) mass is 212 g/mol. The third-order valence-electron chi connectivity index (χ3n) is 2.69. The van der Waals surface area contributed by atoms with Gasteiger partial charge in [0.1, 0.15) is 5.15 Å². The van der Waals surface area contributed by atoms with E-state index in [1.165, 1.54) is 0 Å². The zero-order valence-electron chi connectivity index (χ0n) is 8.09. The molecule has 14 heavy (non-hydrogen) atoms. The van der Waals surface area contributed by atoms with Gasteiger partial charge in [-0.25, -0.2) is 4.98 Å². The molecule has 4 heteroatoms. The third kappa shape index (κ3) is 1.57. The lowest BCUT2D eigenvalue weighted by Gasteiger charge is -2.25. The van der Waals surface area contributed by atoms with Crippen molar-refractivity contribution in [2.24, 2.45) is 0 Å². The van der Waals surface area contributed by atoms with Crippen molar-refractivity contribution in [3.8, 4) is 0 Å². The van der Waals surface area contributed by atoms with Gasteiger partial charge in [0.05, 0.1) is 17.5 Å². The van der Waals surface area contributed by atoms with Crippen molar-refractivity contribution >= 4 is 17.3 Å². The molecule has 2 heterocycles. The summed E-state index contributed by atoms with van der Waals surface area (Å²) < 4.78 is 5.70. The maximum atomic E-state index is 5.85. The molecule has 1 aromatic heterocycles. The Hall–Kier alpha value is -0.800. The van der Waals surface area contributed by atoms with Gasteiger partial charge in [0.15, 0.2) is 0 Å². The Labute approximate surface area is 88.2 Å². The molecule has 0 aliphatic carbocycles. The SMILES string of the molecule is CC1(c2cc(Cl)ncc2N)CCCO1. The van der Waals surface area contributed by atoms with E-state index in [1.807, 2.05) is 6.92 Å². The first-order chi connectivity index (χ1) is 6.62. The summed E-state index contributed by atoms with van der Waals surface area (Å²) >= 11 is 5.84. The van der Waals surface area contributed by atoms with Crippen LogP contribution in [0, 0.1) is 0 Å². The quantitative estimate of drug-likeness (QED) is 0.727. The molecule has 1 aromatic rings. The average Bonchev–Trinajstić information content (AvgIpc) is 2.58. The van der Waals surface area contributed by atoms with Crippen molar-refractivity contribution in [2.45, 2.75) is 25.4 Å². The molecule has 0 saturated carbocycles. The molecule has 0 aromatic carbocycles. The van der Waals surface area contributed by atoms with E-state index in [2.05, 4.69) is 4.98 Å². The van der Waals surface area contributed by atoms with E-state index >= 15 is 0 Å². The van der Waals surface area contributed by atoms with Crippen LogP contribution < -0.4 is 5.73 Å². The van der Waals surface area contributed by atoms with E-state index in [0.29, 0.717) is 10.8 Å². The topological polar surface area (TPSA) is 48.1 Å². The molecule has 0 amide bonds. The lowest BCUT2D eigenvalue weighted by Crippen LogP contribution is -2.21. The summed E-state index contributed by atoms with van der Waals surface area (Å²) in [5.74, 6) is 0. The van der Waals surface area contributed by atoms with Gasteiger partial charge in [0.25, 0.3) is 0 Å². The third-order valence-corrected chi connectivity index (χ3v) is 2.90. The van der Waals surface area contributed by atoms with Crippen LogP contribution in [0.3, 0.4) is 0 Å². The number of nitrogens with two attached hydrogens (primary N) is 1. The molecular weight excluding hydrogens is 200 g/mol. The fourth-order valence-electron chi connectivity index (χ4n) is 1.89. The number of aromatic nitrogens is 1. The minimum Gasteiger partial charge on any atom is -0.397 e. The molecular formula is C10H13ClN2O. The Morgan fingerprint density at radius 1 is 1.64 bits per heavy atom. The molecule has 1 fully saturated rings. The lowest BCUT2D eigenvalue weighted by atomic mass is 9.93. The Morgan fingerprint density at radius 2 is 2.43 bits per heavy atom. The molecule has 1 saturated heterocycles. The number of halogens is 1. The lowest BCUT2D eigenvalue weighted by molar-refractivity contribution is 0.0174. The largest absolute Gasteiger partial charge is 0.397 e. The van der Waals surface area contributed by atoms with Crippen LogP contribution in [0.15, 0.2) is 12.3 Å². The summed E-state index contributed by atoms with van der Waals surface area (Å²) in [5.41, 5.74) is 7.18. The number of rotatable bonds is 1. The van der Waals surface area contributed by atoms with E-state index in [4.69, 9.17) is 22.1 Å². The summed E-state index contributed by atoms with van der Waals surface area (Å²) in [6.45, 7) is 2.83. The number of ether oxygens (including phenoxy) is 1. The molecule has 1 aliphatic heterocycles. The zero-order chi connectivity index (χ0) is 10.2. The van der Waals surface area contributed by atoms with Gasteiger partial charge >= 0.3 is 0 Å². The van der Waals surface area contributed by atoms with Gasteiger partial charge in [0, 0.05) is 12.2 Å². The molecule has 76 valence electrons. The van der Waals surface area contributed by atoms with Crippen LogP contribution in [-0.4, -0.2) is 11.6 Å². The summed E-state index contributed by atoms with van der Waals surface area (Å²) in [4.78, 5) is 3.93. The first-order valence-corrected chi connectivity index (χ1v) is 5.05. The Balaban J connectivity index is 2.44. The van der Waals surface area contributed by atoms with E-state index < -0.39 is 0 Å². The van der Waals surface area contributed by atoms with E-state index in [-0.39, 0.29) is 5.60 Å². The van der Waals surface area contributed by atoms with Crippen LogP contribution in [0.5, 0.6) is 0 Å². The van der Waals surface area contributed by atoms with E-state index in [1.54, 1.807) is 12.3 Å². The zero-order valence-corrected chi connectivity index (χ0v) is 8.84. The summed E-state index contributed by atoms with van der Waals surface area (Å²) in [5, 5.41) is 0.464. The summed E-state index contributed by atoms with van der Waals surface area (Å²) in [6, 6.07) is 1.79. The Bertz CT molecular complexity index is 348. The second kappa shape index (κ2) is 3.41. The molecule has 2 rings (SSSR count). The van der Waals surface area contributed by atoms with Crippen LogP contribution in [0.1, 0.15) is 25.3 Å². The van der Waals surface area contributed by atoms with Crippen molar-refractivity contribution in [2.75, 3.05) is 12.3 Å². The van der Waals surface area contributed by atoms with Crippen molar-refractivity contribution in [1.29, 1.82) is 0 Å². The highest BCUT2D eigenvalue weighted by Gasteiger charge is 2.33. The fraction of sp³-hybridized carbons (Fsp3) is 0.500. The van der Waals surface area contributed by atoms with Crippen LogP contribution >= 0.6 is 11.6 Å². The van der Waals surface area contributed by atoms with Crippen LogP contribution in [-0.2, 0) is 10.3 Å². The maximum Gasteiger partial charge on any atom is 0.129 e. The molecule has 1 unspecified atom stereocenters. The van der Waals surface area contributed by atoms with Gasteiger partial charge in [-0.15, -0.1) is 0 Å². The highest BCUT2D eigenvalue weighted by Crippen LogP contribution is 2.38. The first-order valence-electron chi connectivity index (χ1n) is 4.67. The van der Waals surface area contributed by atoms with Crippen molar-refractivity contribution in [3.05, 3.63) is 23.0 Å². The second-order valence-electron chi connectivity index (χ2n) is 3.78. The number of anilines is 1. The molecule has 2 N–H and O–H groups in total. The molecule has 0 radical (unpaired) electrons. The minimum atomic E-state index is -0.281. The minimum absolute atomic E-state index is 0.281. The predicted octanol–water partition coefficient (Wildman–Crippen LogP) is 2.34. The number of pyridine rings is 1. The van der Waals surface area contributed by atoms with E-state index in [0.717, 1.165) is 25.0 Å². The van der Waals surface area contributed by atoms with Crippen LogP contribution in [0.2, 0.25) is 5.15 Å². The molecule has 1 atom stereocenters. The number of hydrogen-bond donors (Lipinski definition) is 1. The van der Waals surface area contributed by atoms with Crippen molar-refractivity contribution in [1.82, 2.24) is 4.98 Å². The Kier molecular flexibility index (Phi) is 2.37. The standard InChI is InChI=1S/C10H13ClN2O/c1-10(3-2-4-14-10)7-5-9(11)13-6-8(7)12/h5-6H,2-4,12H2,1H3. The summed E-state index contributed by atoms with van der Waals surface area (Å²) in [7, 11) is 0. The fourth-order valence-corrected chi connectivity index (χ4v) is 2.05. The highest BCUT2D eigenvalue weighted by atomic mass is 35.5. The van der Waals surface area contributed by atoms with E-state index in [9.17, 15) is 0 Å². The van der Waals surface area contributed by atoms with Gasteiger partial charge in [-0.05, 0) is 25.8 Å². The van der Waals surface area contributed by atoms with Crippen LogP contribution in [0.25, 0.3) is 0 Å². The number of hydrogen-bond acceptors (Lipinski definition) is 3. The first kappa shape index (κ1) is 9.74. The summed E-state index contributed by atoms with van der Waals surface area (Å²) in [6.07, 6.45) is 3.64. The highest BCUT2D eigenvalue weighted by molar-refractivity contribution is 6.29. The van der Waals surface area contributed by atoms with Gasteiger partial charge in [-0.1, -0.05) is 11.6 Å². The molecule has 0 bridgehead atoms. The van der Waals surface area contributed by atoms with Gasteiger partial charge in [-0.3, -0.25) is 0 Å². The Morgan fingerprint density at radius 3 is 3.07 bits per heavy atom. The van der Waals surface area contributed by atoms with Crippen molar-refractivity contribution in [3.63, 3.8) is 0 Å².